The number of hydrogen-bond donors (Lipinski definition) is 2. The zero-order valence-corrected chi connectivity index (χ0v) is 9.37. The van der Waals surface area contributed by atoms with Gasteiger partial charge in [-0.2, -0.15) is 0 Å². The average molecular weight is 240 g/mol. The molecule has 0 aliphatic carbocycles. The molecular weight excluding hydrogens is 231 g/mol. The largest absolute Gasteiger partial charge is 0.397 e. The van der Waals surface area contributed by atoms with Gasteiger partial charge in [0.05, 0.1) is 9.90 Å². The second-order valence-corrected chi connectivity index (χ2v) is 4.93. The molecule has 1 aromatic carbocycles. The molecule has 0 saturated carbocycles. The summed E-state index contributed by atoms with van der Waals surface area (Å²) >= 11 is 2.64. The van der Waals surface area contributed by atoms with Crippen molar-refractivity contribution in [3.05, 3.63) is 36.1 Å². The molecule has 0 atom stereocenters. The number of halogens is 1. The van der Waals surface area contributed by atoms with Crippen molar-refractivity contribution >= 4 is 29.0 Å². The summed E-state index contributed by atoms with van der Waals surface area (Å²) in [6.07, 6.45) is 0. The van der Waals surface area contributed by atoms with Crippen LogP contribution in [0.4, 0.5) is 10.1 Å². The smallest absolute Gasteiger partial charge is 0.123 e. The molecule has 78 valence electrons. The van der Waals surface area contributed by atoms with E-state index in [4.69, 9.17) is 10.9 Å². The fraction of sp³-hybridized carbons (Fsp3) is 0. The SMILES string of the molecule is NSc1sc(-c2ccc(F)cc2)cc1N. The van der Waals surface area contributed by atoms with Crippen molar-refractivity contribution in [3.8, 4) is 10.4 Å². The van der Waals surface area contributed by atoms with E-state index in [2.05, 4.69) is 0 Å². The van der Waals surface area contributed by atoms with E-state index >= 15 is 0 Å². The maximum absolute atomic E-state index is 12.7. The molecular formula is C10H9FN2S2. The average Bonchev–Trinajstić information content (AvgIpc) is 2.61. The molecule has 2 rings (SSSR count). The first-order valence-corrected chi connectivity index (χ1v) is 5.92. The summed E-state index contributed by atoms with van der Waals surface area (Å²) < 4.78 is 13.6. The molecule has 15 heavy (non-hydrogen) atoms. The van der Waals surface area contributed by atoms with Crippen molar-refractivity contribution in [3.63, 3.8) is 0 Å². The highest BCUT2D eigenvalue weighted by atomic mass is 32.2. The highest BCUT2D eigenvalue weighted by Crippen LogP contribution is 2.37. The monoisotopic (exact) mass is 240 g/mol. The fourth-order valence-corrected chi connectivity index (χ4v) is 2.71. The van der Waals surface area contributed by atoms with E-state index in [0.717, 1.165) is 26.6 Å². The van der Waals surface area contributed by atoms with Gasteiger partial charge in [-0.25, -0.2) is 4.39 Å². The van der Waals surface area contributed by atoms with E-state index in [1.54, 1.807) is 12.1 Å². The van der Waals surface area contributed by atoms with E-state index in [-0.39, 0.29) is 5.82 Å². The molecule has 0 unspecified atom stereocenters. The Morgan fingerprint density at radius 2 is 1.87 bits per heavy atom. The van der Waals surface area contributed by atoms with E-state index < -0.39 is 0 Å². The Labute approximate surface area is 95.2 Å². The molecule has 1 aromatic heterocycles. The van der Waals surface area contributed by atoms with Crippen LogP contribution in [0, 0.1) is 5.82 Å². The van der Waals surface area contributed by atoms with Gasteiger partial charge in [0, 0.05) is 4.88 Å². The third-order valence-electron chi connectivity index (χ3n) is 1.96. The molecule has 0 bridgehead atoms. The molecule has 0 fully saturated rings. The summed E-state index contributed by atoms with van der Waals surface area (Å²) in [6, 6.07) is 8.17. The zero-order valence-electron chi connectivity index (χ0n) is 7.74. The van der Waals surface area contributed by atoms with E-state index in [1.807, 2.05) is 6.07 Å². The quantitative estimate of drug-likeness (QED) is 0.793. The predicted octanol–water partition coefficient (Wildman–Crippen LogP) is 3.10. The molecule has 5 heteroatoms. The van der Waals surface area contributed by atoms with E-state index in [9.17, 15) is 4.39 Å². The van der Waals surface area contributed by atoms with Crippen LogP contribution in [-0.4, -0.2) is 0 Å². The van der Waals surface area contributed by atoms with Crippen molar-refractivity contribution in [1.29, 1.82) is 0 Å². The van der Waals surface area contributed by atoms with Crippen LogP contribution in [0.1, 0.15) is 0 Å². The number of rotatable bonds is 2. The Hall–Kier alpha value is -1.04. The molecule has 2 aromatic rings. The highest BCUT2D eigenvalue weighted by Gasteiger charge is 2.07. The lowest BCUT2D eigenvalue weighted by Crippen LogP contribution is -1.83. The van der Waals surface area contributed by atoms with Gasteiger partial charge in [-0.15, -0.1) is 11.3 Å². The first-order valence-electron chi connectivity index (χ1n) is 4.22. The second kappa shape index (κ2) is 4.22. The predicted molar refractivity (Wildman–Crippen MR) is 64.2 cm³/mol. The number of benzene rings is 1. The summed E-state index contributed by atoms with van der Waals surface area (Å²) in [5, 5.41) is 5.45. The van der Waals surface area contributed by atoms with Crippen molar-refractivity contribution < 1.29 is 4.39 Å². The maximum Gasteiger partial charge on any atom is 0.123 e. The zero-order chi connectivity index (χ0) is 10.8. The van der Waals surface area contributed by atoms with Crippen LogP contribution >= 0.6 is 23.3 Å². The second-order valence-electron chi connectivity index (χ2n) is 2.98. The summed E-state index contributed by atoms with van der Waals surface area (Å²) in [5.74, 6) is -0.239. The van der Waals surface area contributed by atoms with Gasteiger partial charge in [-0.3, -0.25) is 5.14 Å². The van der Waals surface area contributed by atoms with Crippen molar-refractivity contribution in [1.82, 2.24) is 0 Å². The van der Waals surface area contributed by atoms with Gasteiger partial charge in [0.25, 0.3) is 0 Å². The van der Waals surface area contributed by atoms with Gasteiger partial charge in [-0.1, -0.05) is 12.1 Å². The van der Waals surface area contributed by atoms with Crippen molar-refractivity contribution in [2.24, 2.45) is 5.14 Å². The number of anilines is 1. The summed E-state index contributed by atoms with van der Waals surface area (Å²) in [6.45, 7) is 0. The first kappa shape index (κ1) is 10.5. The van der Waals surface area contributed by atoms with E-state index in [1.165, 1.54) is 23.5 Å². The molecule has 2 nitrogen and oxygen atoms in total. The van der Waals surface area contributed by atoms with Gasteiger partial charge >= 0.3 is 0 Å². The number of nitrogen functional groups attached to an aromatic ring is 1. The fourth-order valence-electron chi connectivity index (χ4n) is 1.24. The number of nitrogens with two attached hydrogens (primary N) is 2. The Morgan fingerprint density at radius 1 is 1.20 bits per heavy atom. The lowest BCUT2D eigenvalue weighted by atomic mass is 10.2. The van der Waals surface area contributed by atoms with E-state index in [0.29, 0.717) is 5.69 Å². The molecule has 1 heterocycles. The van der Waals surface area contributed by atoms with Gasteiger partial charge < -0.3 is 5.73 Å². The van der Waals surface area contributed by atoms with Crippen LogP contribution in [0.2, 0.25) is 0 Å². The molecule has 0 aliphatic heterocycles. The van der Waals surface area contributed by atoms with Crippen molar-refractivity contribution in [2.75, 3.05) is 5.73 Å². The summed E-state index contributed by atoms with van der Waals surface area (Å²) in [4.78, 5) is 1.00. The minimum atomic E-state index is -0.239. The molecule has 0 saturated heterocycles. The standard InChI is InChI=1S/C10H9FN2S2/c11-7-3-1-6(2-4-7)9-5-8(12)10(14-9)15-13/h1-5H,12-13H2. The Bertz CT molecular complexity index is 465. The molecule has 4 N–H and O–H groups in total. The van der Waals surface area contributed by atoms with Gasteiger partial charge in [0.2, 0.25) is 0 Å². The number of hydrogen-bond acceptors (Lipinski definition) is 4. The molecule has 0 radical (unpaired) electrons. The third-order valence-corrected chi connectivity index (χ3v) is 3.94. The van der Waals surface area contributed by atoms with Crippen LogP contribution in [0.25, 0.3) is 10.4 Å². The van der Waals surface area contributed by atoms with Crippen LogP contribution in [0.5, 0.6) is 0 Å². The summed E-state index contributed by atoms with van der Waals surface area (Å²) in [5.41, 5.74) is 7.38. The Balaban J connectivity index is 2.41. The van der Waals surface area contributed by atoms with Gasteiger partial charge in [0.1, 0.15) is 5.82 Å². The molecule has 0 aliphatic rings. The third kappa shape index (κ3) is 2.14. The Kier molecular flexibility index (Phi) is 2.95. The van der Waals surface area contributed by atoms with Crippen molar-refractivity contribution in [2.45, 2.75) is 4.21 Å². The maximum atomic E-state index is 12.7. The Morgan fingerprint density at radius 3 is 2.40 bits per heavy atom. The van der Waals surface area contributed by atoms with Crippen LogP contribution in [0.3, 0.4) is 0 Å². The van der Waals surface area contributed by atoms with Gasteiger partial charge in [0.15, 0.2) is 0 Å². The minimum Gasteiger partial charge on any atom is -0.397 e. The lowest BCUT2D eigenvalue weighted by molar-refractivity contribution is 0.628. The topological polar surface area (TPSA) is 52.0 Å². The number of thiophene rings is 1. The minimum absolute atomic E-state index is 0.239. The summed E-state index contributed by atoms with van der Waals surface area (Å²) in [7, 11) is 0. The molecule has 0 spiro atoms. The highest BCUT2D eigenvalue weighted by molar-refractivity contribution is 7.99. The van der Waals surface area contributed by atoms with Gasteiger partial charge in [-0.05, 0) is 35.7 Å². The normalized spacial score (nSPS) is 10.5. The first-order chi connectivity index (χ1) is 7.20. The van der Waals surface area contributed by atoms with Crippen LogP contribution in [0.15, 0.2) is 34.5 Å². The van der Waals surface area contributed by atoms with Crippen LogP contribution in [-0.2, 0) is 0 Å². The van der Waals surface area contributed by atoms with Crippen LogP contribution < -0.4 is 10.9 Å². The lowest BCUT2D eigenvalue weighted by Gasteiger charge is -1.95. The molecule has 0 amide bonds.